The van der Waals surface area contributed by atoms with Gasteiger partial charge in [-0.2, -0.15) is 0 Å². The van der Waals surface area contributed by atoms with E-state index >= 15 is 0 Å². The van der Waals surface area contributed by atoms with Gasteiger partial charge in [0.15, 0.2) is 0 Å². The van der Waals surface area contributed by atoms with E-state index in [1.165, 1.54) is 17.7 Å². The third kappa shape index (κ3) is 4.65. The molecule has 0 spiro atoms. The van der Waals surface area contributed by atoms with Crippen molar-refractivity contribution < 1.29 is 14.0 Å². The minimum Gasteiger partial charge on any atom is -0.344 e. The molecular weight excluding hydrogens is 307 g/mol. The van der Waals surface area contributed by atoms with Crippen molar-refractivity contribution in [1.82, 2.24) is 5.32 Å². The van der Waals surface area contributed by atoms with Crippen LogP contribution in [0.4, 0.5) is 10.1 Å². The van der Waals surface area contributed by atoms with E-state index < -0.39 is 17.6 Å². The summed E-state index contributed by atoms with van der Waals surface area (Å²) in [6, 6.07) is 11.9. The van der Waals surface area contributed by atoms with Crippen molar-refractivity contribution in [1.29, 1.82) is 0 Å². The fraction of sp³-hybridized carbons (Fsp3) is 0.263. The van der Waals surface area contributed by atoms with Gasteiger partial charge in [0.25, 0.3) is 0 Å². The van der Waals surface area contributed by atoms with E-state index in [1.54, 1.807) is 13.0 Å². The topological polar surface area (TPSA) is 58.2 Å². The number of hydrogen-bond donors (Lipinski definition) is 2. The predicted octanol–water partition coefficient (Wildman–Crippen LogP) is 3.51. The van der Waals surface area contributed by atoms with Gasteiger partial charge in [0.1, 0.15) is 5.82 Å². The van der Waals surface area contributed by atoms with E-state index in [0.29, 0.717) is 11.5 Å². The molecule has 2 aromatic carbocycles. The van der Waals surface area contributed by atoms with Gasteiger partial charge in [-0.15, -0.1) is 0 Å². The van der Waals surface area contributed by atoms with E-state index in [9.17, 15) is 14.0 Å². The highest BCUT2D eigenvalue weighted by atomic mass is 19.1. The van der Waals surface area contributed by atoms with E-state index in [0.717, 1.165) is 5.56 Å². The number of anilines is 1. The Morgan fingerprint density at radius 3 is 2.33 bits per heavy atom. The Morgan fingerprint density at radius 2 is 1.71 bits per heavy atom. The molecule has 0 aliphatic carbocycles. The van der Waals surface area contributed by atoms with Crippen LogP contribution in [0.3, 0.4) is 0 Å². The summed E-state index contributed by atoms with van der Waals surface area (Å²) in [6.07, 6.45) is 0. The largest absolute Gasteiger partial charge is 0.344 e. The Labute approximate surface area is 141 Å². The van der Waals surface area contributed by atoms with Crippen LogP contribution in [0.25, 0.3) is 0 Å². The van der Waals surface area contributed by atoms with E-state index in [4.69, 9.17) is 0 Å². The Kier molecular flexibility index (Phi) is 5.68. The summed E-state index contributed by atoms with van der Waals surface area (Å²) in [6.45, 7) is 6.20. The summed E-state index contributed by atoms with van der Waals surface area (Å²) < 4.78 is 13.2. The Bertz CT molecular complexity index is 740. The van der Waals surface area contributed by atoms with E-state index in [2.05, 4.69) is 24.5 Å². The zero-order valence-electron chi connectivity index (χ0n) is 14.0. The van der Waals surface area contributed by atoms with Gasteiger partial charge >= 0.3 is 11.8 Å². The molecule has 4 nitrogen and oxygen atoms in total. The SMILES string of the molecule is Cc1ccc(F)cc1NC(=O)C(=O)NCc1ccc(C(C)C)cc1. The number of rotatable bonds is 4. The molecule has 0 atom stereocenters. The van der Waals surface area contributed by atoms with Gasteiger partial charge in [0, 0.05) is 12.2 Å². The molecule has 2 N–H and O–H groups in total. The molecule has 2 amide bonds. The summed E-state index contributed by atoms with van der Waals surface area (Å²) in [5.41, 5.74) is 3.09. The molecule has 0 saturated carbocycles. The lowest BCUT2D eigenvalue weighted by Crippen LogP contribution is -2.35. The van der Waals surface area contributed by atoms with Crippen molar-refractivity contribution in [2.75, 3.05) is 5.32 Å². The van der Waals surface area contributed by atoms with E-state index in [-0.39, 0.29) is 12.2 Å². The molecule has 0 heterocycles. The molecule has 0 unspecified atom stereocenters. The minimum atomic E-state index is -0.817. The van der Waals surface area contributed by atoms with Crippen molar-refractivity contribution in [3.8, 4) is 0 Å². The predicted molar refractivity (Wildman–Crippen MR) is 92.1 cm³/mol. The Hall–Kier alpha value is -2.69. The van der Waals surface area contributed by atoms with Crippen LogP contribution in [-0.2, 0) is 16.1 Å². The molecular formula is C19H21FN2O2. The molecule has 126 valence electrons. The van der Waals surface area contributed by atoms with Crippen LogP contribution in [-0.4, -0.2) is 11.8 Å². The number of benzene rings is 2. The zero-order valence-corrected chi connectivity index (χ0v) is 14.0. The maximum Gasteiger partial charge on any atom is 0.313 e. The molecule has 2 rings (SSSR count). The molecule has 0 radical (unpaired) electrons. The quantitative estimate of drug-likeness (QED) is 0.844. The first-order valence-corrected chi connectivity index (χ1v) is 7.81. The third-order valence-corrected chi connectivity index (χ3v) is 3.75. The van der Waals surface area contributed by atoms with Crippen LogP contribution in [0.5, 0.6) is 0 Å². The minimum absolute atomic E-state index is 0.257. The number of carbonyl (C=O) groups excluding carboxylic acids is 2. The zero-order chi connectivity index (χ0) is 17.7. The van der Waals surface area contributed by atoms with Gasteiger partial charge in [0.05, 0.1) is 0 Å². The lowest BCUT2D eigenvalue weighted by molar-refractivity contribution is -0.136. The number of hydrogen-bond acceptors (Lipinski definition) is 2. The van der Waals surface area contributed by atoms with Gasteiger partial charge < -0.3 is 10.6 Å². The molecule has 2 aromatic rings. The molecule has 0 aromatic heterocycles. The van der Waals surface area contributed by atoms with Crippen molar-refractivity contribution in [3.63, 3.8) is 0 Å². The summed E-state index contributed by atoms with van der Waals surface area (Å²) in [5, 5.41) is 4.98. The average molecular weight is 328 g/mol. The lowest BCUT2D eigenvalue weighted by Gasteiger charge is -2.10. The van der Waals surface area contributed by atoms with E-state index in [1.807, 2.05) is 24.3 Å². The van der Waals surface area contributed by atoms with Crippen molar-refractivity contribution in [2.45, 2.75) is 33.2 Å². The first-order valence-electron chi connectivity index (χ1n) is 7.81. The highest BCUT2D eigenvalue weighted by Crippen LogP contribution is 2.16. The number of aryl methyl sites for hydroxylation is 1. The van der Waals surface area contributed by atoms with Gasteiger partial charge in [-0.25, -0.2) is 4.39 Å². The average Bonchev–Trinajstić information content (AvgIpc) is 2.56. The van der Waals surface area contributed by atoms with Crippen LogP contribution in [0.2, 0.25) is 0 Å². The lowest BCUT2D eigenvalue weighted by atomic mass is 10.0. The monoisotopic (exact) mass is 328 g/mol. The fourth-order valence-corrected chi connectivity index (χ4v) is 2.19. The maximum atomic E-state index is 13.2. The molecule has 5 heteroatoms. The van der Waals surface area contributed by atoms with Gasteiger partial charge in [-0.1, -0.05) is 44.2 Å². The number of amides is 2. The van der Waals surface area contributed by atoms with Gasteiger partial charge in [-0.3, -0.25) is 9.59 Å². The third-order valence-electron chi connectivity index (χ3n) is 3.75. The van der Waals surface area contributed by atoms with Gasteiger partial charge in [0.2, 0.25) is 0 Å². The van der Waals surface area contributed by atoms with Crippen LogP contribution in [0.15, 0.2) is 42.5 Å². The number of halogens is 1. The molecule has 0 fully saturated rings. The number of nitrogens with one attached hydrogen (secondary N) is 2. The van der Waals surface area contributed by atoms with Crippen molar-refractivity contribution in [3.05, 3.63) is 65.0 Å². The second kappa shape index (κ2) is 7.73. The fourth-order valence-electron chi connectivity index (χ4n) is 2.19. The Balaban J connectivity index is 1.92. The standard InChI is InChI=1S/C19H21FN2O2/c1-12(2)15-7-5-14(6-8-15)11-21-18(23)19(24)22-17-10-16(20)9-4-13(17)3/h4-10,12H,11H2,1-3H3,(H,21,23)(H,22,24). The summed E-state index contributed by atoms with van der Waals surface area (Å²) >= 11 is 0. The second-order valence-electron chi connectivity index (χ2n) is 5.99. The van der Waals surface area contributed by atoms with Crippen molar-refractivity contribution >= 4 is 17.5 Å². The first-order chi connectivity index (χ1) is 11.4. The second-order valence-corrected chi connectivity index (χ2v) is 5.99. The maximum absolute atomic E-state index is 13.2. The molecule has 0 aliphatic rings. The van der Waals surface area contributed by atoms with Gasteiger partial charge in [-0.05, 0) is 41.7 Å². The van der Waals surface area contributed by atoms with Crippen LogP contribution >= 0.6 is 0 Å². The summed E-state index contributed by atoms with van der Waals surface area (Å²) in [4.78, 5) is 23.8. The summed E-state index contributed by atoms with van der Waals surface area (Å²) in [5.74, 6) is -1.61. The number of carbonyl (C=O) groups is 2. The molecule has 24 heavy (non-hydrogen) atoms. The Morgan fingerprint density at radius 1 is 1.04 bits per heavy atom. The molecule has 0 aliphatic heterocycles. The van der Waals surface area contributed by atoms with Crippen LogP contribution in [0.1, 0.15) is 36.5 Å². The highest BCUT2D eigenvalue weighted by molar-refractivity contribution is 6.39. The van der Waals surface area contributed by atoms with Crippen LogP contribution in [0, 0.1) is 12.7 Å². The van der Waals surface area contributed by atoms with Crippen molar-refractivity contribution in [2.24, 2.45) is 0 Å². The molecule has 0 bridgehead atoms. The molecule has 0 saturated heterocycles. The highest BCUT2D eigenvalue weighted by Gasteiger charge is 2.14. The normalized spacial score (nSPS) is 10.5. The first kappa shape index (κ1) is 17.7. The summed E-state index contributed by atoms with van der Waals surface area (Å²) in [7, 11) is 0. The van der Waals surface area contributed by atoms with Crippen LogP contribution < -0.4 is 10.6 Å². The smallest absolute Gasteiger partial charge is 0.313 e.